The van der Waals surface area contributed by atoms with E-state index in [0.717, 1.165) is 42.5 Å². The SMILES string of the molecule is CCO.Nc1ccc(/C=C2\SC(=Nc3ccccc3Br)NC2=O)cc1N.O.O.O.O.O.O.O.O=C1NC(=Nc2ccccc2Br)S/C1=C\c1ccc2nsnc2c1.OSO.[Na][Na]. The molecule has 0 atom stereocenters. The molecule has 0 unspecified atom stereocenters. The summed E-state index contributed by atoms with van der Waals surface area (Å²) in [7, 11) is 0. The molecule has 28 heteroatoms. The Balaban J connectivity index is -0.000000273. The Labute approximate surface area is 417 Å². The monoisotopic (exact) mass is 1090 g/mol. The number of aromatic nitrogens is 2. The Morgan fingerprint density at radius 2 is 1.06 bits per heavy atom. The van der Waals surface area contributed by atoms with Crippen LogP contribution in [0.15, 0.2) is 114 Å². The summed E-state index contributed by atoms with van der Waals surface area (Å²) < 4.78 is 24.2. The van der Waals surface area contributed by atoms with Crippen LogP contribution in [0.2, 0.25) is 0 Å². The Morgan fingerprint density at radius 1 is 0.677 bits per heavy atom. The summed E-state index contributed by atoms with van der Waals surface area (Å²) >= 11 is 13.3. The van der Waals surface area contributed by atoms with E-state index in [9.17, 15) is 9.59 Å². The Bertz CT molecular complexity index is 2240. The van der Waals surface area contributed by atoms with Crippen molar-refractivity contribution < 1.29 is 62.1 Å². The molecule has 3 heterocycles. The number of amides is 2. The zero-order valence-electron chi connectivity index (χ0n) is 32.9. The molecule has 332 valence electrons. The average Bonchev–Trinajstić information content (AvgIpc) is 3.88. The first-order valence-electron chi connectivity index (χ1n) is 16.1. The normalized spacial score (nSPS) is 14.2. The van der Waals surface area contributed by atoms with Crippen LogP contribution < -0.4 is 22.1 Å². The number of thioether (sulfide) groups is 2. The van der Waals surface area contributed by atoms with Gasteiger partial charge in [0.25, 0.3) is 11.8 Å². The maximum absolute atomic E-state index is 12.2. The van der Waals surface area contributed by atoms with Crippen molar-refractivity contribution in [3.63, 3.8) is 0 Å². The number of nitrogens with one attached hydrogen (secondary N) is 2. The number of aliphatic hydroxyl groups excluding tert-OH is 1. The molecule has 0 saturated carbocycles. The first-order chi connectivity index (χ1) is 26.5. The molecular weight excluding hydrogens is 1050 g/mol. The molecule has 0 bridgehead atoms. The van der Waals surface area contributed by atoms with Gasteiger partial charge in [-0.15, -0.1) is 0 Å². The number of hydrogen-bond acceptors (Lipinski definition) is 15. The molecule has 2 saturated heterocycles. The Morgan fingerprint density at radius 3 is 1.48 bits per heavy atom. The van der Waals surface area contributed by atoms with Gasteiger partial charge in [-0.1, -0.05) is 36.4 Å². The number of rotatable bonds is 4. The van der Waals surface area contributed by atoms with Crippen LogP contribution in [-0.2, 0) is 9.59 Å². The van der Waals surface area contributed by atoms with Crippen molar-refractivity contribution >= 4 is 191 Å². The van der Waals surface area contributed by atoms with E-state index in [0.29, 0.717) is 31.5 Å². The van der Waals surface area contributed by atoms with E-state index in [4.69, 9.17) is 25.7 Å². The molecule has 0 spiro atoms. The molecule has 23 N–H and O–H groups in total. The van der Waals surface area contributed by atoms with Crippen LogP contribution in [0.5, 0.6) is 0 Å². The summed E-state index contributed by atoms with van der Waals surface area (Å²) in [5, 5.41) is 14.2. The van der Waals surface area contributed by atoms with Crippen LogP contribution in [0.1, 0.15) is 18.1 Å². The number of para-hydroxylation sites is 2. The number of amidine groups is 2. The maximum atomic E-state index is 12.2. The fraction of sp³-hybridized carbons (Fsp3) is 0.0588. The first-order valence-corrected chi connectivity index (χ1v) is 28.7. The molecule has 2 aliphatic rings. The van der Waals surface area contributed by atoms with Gasteiger partial charge in [0.15, 0.2) is 22.7 Å². The number of nitrogen functional groups attached to an aromatic ring is 2. The average molecular weight is 1090 g/mol. The van der Waals surface area contributed by atoms with Crippen LogP contribution >= 0.6 is 79.4 Å². The summed E-state index contributed by atoms with van der Waals surface area (Å²) in [6.45, 7) is 1.93. The second-order valence-corrected chi connectivity index (χ2v) is 14.6. The number of nitrogens with two attached hydrogens (primary N) is 2. The second-order valence-electron chi connectivity index (χ2n) is 10.2. The number of aliphatic imine (C=N–C) groups is 2. The van der Waals surface area contributed by atoms with Crippen molar-refractivity contribution in [1.29, 1.82) is 0 Å². The number of fused-ring (bicyclic) bond motifs is 1. The van der Waals surface area contributed by atoms with E-state index < -0.39 is 0 Å². The summed E-state index contributed by atoms with van der Waals surface area (Å²) in [5.41, 5.74) is 17.4. The Kier molecular flexibility index (Phi) is 41.0. The van der Waals surface area contributed by atoms with Gasteiger partial charge in [0.05, 0.1) is 44.3 Å². The minimum atomic E-state index is -0.250. The van der Waals surface area contributed by atoms with E-state index >= 15 is 0 Å². The molecule has 0 aliphatic carbocycles. The molecule has 62 heavy (non-hydrogen) atoms. The van der Waals surface area contributed by atoms with E-state index in [1.54, 1.807) is 25.1 Å². The topological polar surface area (TPSA) is 442 Å². The molecule has 7 rings (SSSR count). The third-order valence-corrected chi connectivity index (χ3v) is 10.2. The van der Waals surface area contributed by atoms with Crippen LogP contribution in [0.3, 0.4) is 0 Å². The van der Waals surface area contributed by atoms with E-state index in [-0.39, 0.29) is 69.1 Å². The molecule has 2 aliphatic heterocycles. The molecule has 5 aromatic rings. The predicted octanol–water partition coefficient (Wildman–Crippen LogP) is 1.98. The van der Waals surface area contributed by atoms with Gasteiger partial charge in [-0.2, -0.15) is 8.75 Å². The van der Waals surface area contributed by atoms with Crippen LogP contribution in [0.4, 0.5) is 22.7 Å². The third-order valence-electron chi connectivity index (χ3n) is 6.43. The molecule has 2 fully saturated rings. The molecule has 20 nitrogen and oxygen atoms in total. The number of carbonyl (C=O) groups excluding carboxylic acids is 2. The number of benzene rings is 4. The zero-order chi connectivity index (χ0) is 40.3. The van der Waals surface area contributed by atoms with Gasteiger partial charge in [-0.05, 0) is 134 Å². The van der Waals surface area contributed by atoms with Gasteiger partial charge in [-0.3, -0.25) is 9.59 Å². The molecule has 0 radical (unpaired) electrons. The van der Waals surface area contributed by atoms with Gasteiger partial charge in [0, 0.05) is 15.6 Å². The van der Waals surface area contributed by atoms with Crippen molar-refractivity contribution in [2.24, 2.45) is 9.98 Å². The van der Waals surface area contributed by atoms with Crippen LogP contribution in [0.25, 0.3) is 23.2 Å². The van der Waals surface area contributed by atoms with Crippen molar-refractivity contribution in [2.45, 2.75) is 6.92 Å². The molecule has 4 aromatic carbocycles. The minimum absolute atomic E-state index is 0. The second kappa shape index (κ2) is 36.9. The molecular formula is C34H44Br2N8Na2O12S4. The number of hydrogen-bond donors (Lipinski definition) is 7. The molecule has 2 amide bonds. The van der Waals surface area contributed by atoms with Gasteiger partial charge in [-0.25, -0.2) is 9.98 Å². The number of anilines is 2. The van der Waals surface area contributed by atoms with Crippen molar-refractivity contribution in [3.05, 3.63) is 115 Å². The summed E-state index contributed by atoms with van der Waals surface area (Å²) in [4.78, 5) is 34.3. The van der Waals surface area contributed by atoms with E-state index in [1.165, 1.54) is 78.9 Å². The fourth-order valence-electron chi connectivity index (χ4n) is 4.14. The fourth-order valence-corrected chi connectivity index (χ4v) is 7.07. The summed E-state index contributed by atoms with van der Waals surface area (Å²) in [5.74, 6) is -0.335. The van der Waals surface area contributed by atoms with Gasteiger partial charge in [0.1, 0.15) is 11.0 Å². The number of aliphatic hydroxyl groups is 1. The Hall–Kier alpha value is -2.33. The quantitative estimate of drug-likeness (QED) is 0.0588. The van der Waals surface area contributed by atoms with Crippen molar-refractivity contribution in [1.82, 2.24) is 19.4 Å². The van der Waals surface area contributed by atoms with Crippen LogP contribution in [0, 0.1) is 0 Å². The predicted molar refractivity (Wildman–Crippen MR) is 265 cm³/mol. The van der Waals surface area contributed by atoms with Gasteiger partial charge in [0.2, 0.25) is 0 Å². The zero-order valence-corrected chi connectivity index (χ0v) is 43.4. The van der Waals surface area contributed by atoms with Crippen LogP contribution in [-0.4, -0.2) is 134 Å². The van der Waals surface area contributed by atoms with Crippen molar-refractivity contribution in [2.75, 3.05) is 18.1 Å². The standard InChI is InChI=1S/C16H9BrN4OS2.C16H13BrN4OS.C2H6O.2Na.H2O2S.7H2O/c17-10-3-1-2-4-11(10)18-16-19-15(22)14(23-16)8-9-5-6-12-13(7-9)21-24-20-12;17-10-3-1-2-4-13(10)20-16-21-15(22)14(23-16)8-9-5-6-11(18)12(19)7-9;1-2-3;;;1-3-2;;;;;;;/h1-8H,(H,18,19,22);1-8H,18-19H2,(H,20,21,22);3H,2H2,1H3;;;1-2H;7*1H2/b2*14-8-;;;;;;;;;;;. The van der Waals surface area contributed by atoms with Gasteiger partial charge >= 0.3 is 43.6 Å². The van der Waals surface area contributed by atoms with Crippen molar-refractivity contribution in [3.8, 4) is 0 Å². The first kappa shape index (κ1) is 68.7. The van der Waals surface area contributed by atoms with Gasteiger partial charge < -0.3 is 74.6 Å². The number of halogens is 2. The number of nitrogens with zero attached hydrogens (tertiary/aromatic N) is 4. The summed E-state index contributed by atoms with van der Waals surface area (Å²) in [6.07, 6.45) is 3.60. The third kappa shape index (κ3) is 22.0. The summed E-state index contributed by atoms with van der Waals surface area (Å²) in [6, 6.07) is 26.2. The number of carbonyl (C=O) groups is 2. The molecule has 1 aromatic heterocycles. The van der Waals surface area contributed by atoms with E-state index in [1.807, 2.05) is 78.9 Å². The van der Waals surface area contributed by atoms with E-state index in [2.05, 4.69) is 61.2 Å².